The van der Waals surface area contributed by atoms with Gasteiger partial charge in [-0.05, 0) is 5.56 Å². The summed E-state index contributed by atoms with van der Waals surface area (Å²) in [5.74, 6) is 0.599. The molecule has 1 aromatic heterocycles. The number of rotatable bonds is 4. The first-order valence-corrected chi connectivity index (χ1v) is 6.39. The third-order valence-corrected chi connectivity index (χ3v) is 3.75. The third kappa shape index (κ3) is 2.68. The Bertz CT molecular complexity index is 507. The van der Waals surface area contributed by atoms with E-state index in [4.69, 9.17) is 16.3 Å². The maximum Gasteiger partial charge on any atom is 0.195 e. The molecular formula is C13H11ClO2S. The molecule has 88 valence electrons. The zero-order valence-electron chi connectivity index (χ0n) is 9.22. The highest BCUT2D eigenvalue weighted by Crippen LogP contribution is 2.29. The average Bonchev–Trinajstić information content (AvgIpc) is 2.87. The van der Waals surface area contributed by atoms with Crippen LogP contribution in [0.1, 0.15) is 20.6 Å². The highest BCUT2D eigenvalue weighted by molar-refractivity contribution is 7.12. The first-order chi connectivity index (χ1) is 8.22. The van der Waals surface area contributed by atoms with E-state index in [1.54, 1.807) is 18.6 Å². The summed E-state index contributed by atoms with van der Waals surface area (Å²) in [6.45, 7) is 0. The van der Waals surface area contributed by atoms with E-state index in [0.29, 0.717) is 10.6 Å². The van der Waals surface area contributed by atoms with Crippen LogP contribution >= 0.6 is 22.9 Å². The van der Waals surface area contributed by atoms with E-state index < -0.39 is 5.38 Å². The first kappa shape index (κ1) is 12.1. The van der Waals surface area contributed by atoms with Gasteiger partial charge in [0.2, 0.25) is 0 Å². The molecule has 1 atom stereocenters. The summed E-state index contributed by atoms with van der Waals surface area (Å²) >= 11 is 7.51. The number of carbonyl (C=O) groups is 1. The fourth-order valence-electron chi connectivity index (χ4n) is 1.45. The number of Topliss-reactive ketones (excluding diaryl/α,β-unsaturated/α-hetero) is 1. The van der Waals surface area contributed by atoms with E-state index in [0.717, 1.165) is 5.56 Å². The SMILES string of the molecule is COc1csc(C(=O)C(Cl)c2ccccc2)c1. The quantitative estimate of drug-likeness (QED) is 0.619. The lowest BCUT2D eigenvalue weighted by Gasteiger charge is -2.06. The number of thiophene rings is 1. The van der Waals surface area contributed by atoms with Crippen molar-refractivity contribution in [3.05, 3.63) is 52.2 Å². The van der Waals surface area contributed by atoms with Gasteiger partial charge in [-0.25, -0.2) is 0 Å². The fourth-order valence-corrected chi connectivity index (χ4v) is 2.61. The van der Waals surface area contributed by atoms with Crippen LogP contribution in [0, 0.1) is 0 Å². The van der Waals surface area contributed by atoms with E-state index in [-0.39, 0.29) is 5.78 Å². The fraction of sp³-hybridized carbons (Fsp3) is 0.154. The Morgan fingerprint density at radius 2 is 2.06 bits per heavy atom. The maximum absolute atomic E-state index is 12.1. The number of alkyl halides is 1. The highest BCUT2D eigenvalue weighted by Gasteiger charge is 2.20. The number of hydrogen-bond acceptors (Lipinski definition) is 3. The van der Waals surface area contributed by atoms with E-state index in [2.05, 4.69) is 0 Å². The lowest BCUT2D eigenvalue weighted by atomic mass is 10.1. The van der Waals surface area contributed by atoms with Gasteiger partial charge in [0.15, 0.2) is 5.78 Å². The van der Waals surface area contributed by atoms with E-state index in [1.165, 1.54) is 11.3 Å². The zero-order chi connectivity index (χ0) is 12.3. The van der Waals surface area contributed by atoms with Gasteiger partial charge in [0.25, 0.3) is 0 Å². The van der Waals surface area contributed by atoms with Gasteiger partial charge in [-0.3, -0.25) is 4.79 Å². The van der Waals surface area contributed by atoms with Gasteiger partial charge in [0, 0.05) is 11.4 Å². The molecule has 0 aliphatic carbocycles. The van der Waals surface area contributed by atoms with Crippen LogP contribution < -0.4 is 4.74 Å². The molecule has 0 amide bonds. The smallest absolute Gasteiger partial charge is 0.195 e. The summed E-state index contributed by atoms with van der Waals surface area (Å²) in [5.41, 5.74) is 0.812. The monoisotopic (exact) mass is 266 g/mol. The Morgan fingerprint density at radius 3 is 2.65 bits per heavy atom. The predicted molar refractivity (Wildman–Crippen MR) is 70.2 cm³/mol. The van der Waals surface area contributed by atoms with Crippen LogP contribution in [0.3, 0.4) is 0 Å². The van der Waals surface area contributed by atoms with Crippen molar-refractivity contribution in [3.8, 4) is 5.75 Å². The summed E-state index contributed by atoms with van der Waals surface area (Å²) in [6, 6.07) is 11.0. The van der Waals surface area contributed by atoms with Gasteiger partial charge in [0.1, 0.15) is 11.1 Å². The van der Waals surface area contributed by atoms with Crippen molar-refractivity contribution in [1.82, 2.24) is 0 Å². The molecule has 0 N–H and O–H groups in total. The molecule has 0 fully saturated rings. The van der Waals surface area contributed by atoms with Gasteiger partial charge in [0.05, 0.1) is 12.0 Å². The molecule has 4 heteroatoms. The molecule has 0 aliphatic rings. The second-order valence-electron chi connectivity index (χ2n) is 3.49. The molecule has 2 rings (SSSR count). The minimum atomic E-state index is -0.639. The second kappa shape index (κ2) is 5.34. The standard InChI is InChI=1S/C13H11ClO2S/c1-16-10-7-11(17-8-10)13(15)12(14)9-5-3-2-4-6-9/h2-8,12H,1H3. The third-order valence-electron chi connectivity index (χ3n) is 2.38. The topological polar surface area (TPSA) is 26.3 Å². The van der Waals surface area contributed by atoms with Crippen LogP contribution in [-0.4, -0.2) is 12.9 Å². The molecule has 1 aromatic carbocycles. The number of halogens is 1. The minimum Gasteiger partial charge on any atom is -0.496 e. The minimum absolute atomic E-state index is 0.0915. The van der Waals surface area contributed by atoms with E-state index in [9.17, 15) is 4.79 Å². The Labute approximate surface area is 109 Å². The van der Waals surface area contributed by atoms with Gasteiger partial charge in [-0.2, -0.15) is 0 Å². The average molecular weight is 267 g/mol. The molecule has 2 nitrogen and oxygen atoms in total. The molecule has 0 saturated heterocycles. The van der Waals surface area contributed by atoms with Crippen LogP contribution in [0.15, 0.2) is 41.8 Å². The molecular weight excluding hydrogens is 256 g/mol. The molecule has 17 heavy (non-hydrogen) atoms. The number of carbonyl (C=O) groups excluding carboxylic acids is 1. The Kier molecular flexibility index (Phi) is 3.82. The number of benzene rings is 1. The summed E-state index contributed by atoms with van der Waals surface area (Å²) < 4.78 is 5.05. The summed E-state index contributed by atoms with van der Waals surface area (Å²) in [4.78, 5) is 12.7. The largest absolute Gasteiger partial charge is 0.496 e. The first-order valence-electron chi connectivity index (χ1n) is 5.08. The zero-order valence-corrected chi connectivity index (χ0v) is 10.8. The van der Waals surface area contributed by atoms with Crippen LogP contribution in [-0.2, 0) is 0 Å². The van der Waals surface area contributed by atoms with Crippen molar-refractivity contribution in [2.24, 2.45) is 0 Å². The lowest BCUT2D eigenvalue weighted by molar-refractivity contribution is 0.0991. The van der Waals surface area contributed by atoms with Gasteiger partial charge in [-0.15, -0.1) is 22.9 Å². The summed E-state index contributed by atoms with van der Waals surface area (Å²) in [7, 11) is 1.58. The van der Waals surface area contributed by atoms with Crippen LogP contribution in [0.4, 0.5) is 0 Å². The van der Waals surface area contributed by atoms with E-state index in [1.807, 2.05) is 30.3 Å². The van der Waals surface area contributed by atoms with Crippen molar-refractivity contribution >= 4 is 28.7 Å². The molecule has 0 saturated carbocycles. The molecule has 1 unspecified atom stereocenters. The Hall–Kier alpha value is -1.32. The van der Waals surface area contributed by atoms with Crippen LogP contribution in [0.2, 0.25) is 0 Å². The molecule has 1 heterocycles. The molecule has 2 aromatic rings. The predicted octanol–water partition coefficient (Wildman–Crippen LogP) is 3.92. The maximum atomic E-state index is 12.1. The van der Waals surface area contributed by atoms with Crippen molar-refractivity contribution in [2.75, 3.05) is 7.11 Å². The molecule has 0 spiro atoms. The normalized spacial score (nSPS) is 12.1. The highest BCUT2D eigenvalue weighted by atomic mass is 35.5. The Morgan fingerprint density at radius 1 is 1.35 bits per heavy atom. The van der Waals surface area contributed by atoms with Crippen LogP contribution in [0.25, 0.3) is 0 Å². The van der Waals surface area contributed by atoms with Crippen molar-refractivity contribution in [2.45, 2.75) is 5.38 Å². The number of methoxy groups -OCH3 is 1. The van der Waals surface area contributed by atoms with E-state index >= 15 is 0 Å². The second-order valence-corrected chi connectivity index (χ2v) is 4.84. The molecule has 0 bridgehead atoms. The van der Waals surface area contributed by atoms with Crippen molar-refractivity contribution in [3.63, 3.8) is 0 Å². The van der Waals surface area contributed by atoms with Crippen LogP contribution in [0.5, 0.6) is 5.75 Å². The van der Waals surface area contributed by atoms with Gasteiger partial charge >= 0.3 is 0 Å². The number of hydrogen-bond donors (Lipinski definition) is 0. The number of ketones is 1. The van der Waals surface area contributed by atoms with Crippen molar-refractivity contribution in [1.29, 1.82) is 0 Å². The summed E-state index contributed by atoms with van der Waals surface area (Å²) in [5, 5.41) is 1.15. The van der Waals surface area contributed by atoms with Gasteiger partial charge in [-0.1, -0.05) is 30.3 Å². The molecule has 0 aliphatic heterocycles. The summed E-state index contributed by atoms with van der Waals surface area (Å²) in [6.07, 6.45) is 0. The number of ether oxygens (including phenoxy) is 1. The lowest BCUT2D eigenvalue weighted by Crippen LogP contribution is -2.05. The van der Waals surface area contributed by atoms with Gasteiger partial charge < -0.3 is 4.74 Å². The molecule has 0 radical (unpaired) electrons. The van der Waals surface area contributed by atoms with Crippen molar-refractivity contribution < 1.29 is 9.53 Å². The Balaban J connectivity index is 2.20.